The minimum absolute atomic E-state index is 0.0210. The Bertz CT molecular complexity index is 148. The van der Waals surface area contributed by atoms with E-state index in [9.17, 15) is 4.79 Å². The van der Waals surface area contributed by atoms with E-state index in [4.69, 9.17) is 9.47 Å². The van der Waals surface area contributed by atoms with Crippen LogP contribution in [0.5, 0.6) is 0 Å². The van der Waals surface area contributed by atoms with Crippen LogP contribution in [0.25, 0.3) is 0 Å². The summed E-state index contributed by atoms with van der Waals surface area (Å²) in [5.41, 5.74) is 0. The maximum atomic E-state index is 11.0. The van der Waals surface area contributed by atoms with Crippen LogP contribution in [0.1, 0.15) is 20.3 Å². The molecule has 0 aromatic heterocycles. The van der Waals surface area contributed by atoms with Gasteiger partial charge in [0.1, 0.15) is 0 Å². The van der Waals surface area contributed by atoms with Crippen molar-refractivity contribution in [2.75, 3.05) is 19.8 Å². The van der Waals surface area contributed by atoms with Gasteiger partial charge in [-0.25, -0.2) is 0 Å². The van der Waals surface area contributed by atoms with Gasteiger partial charge < -0.3 is 9.47 Å². The molecule has 1 atom stereocenters. The van der Waals surface area contributed by atoms with Crippen LogP contribution < -0.4 is 0 Å². The summed E-state index contributed by atoms with van der Waals surface area (Å²) in [6.07, 6.45) is 1.02. The summed E-state index contributed by atoms with van der Waals surface area (Å²) in [6.45, 7) is 5.76. The number of ether oxygens (including phenoxy) is 2. The largest absolute Gasteiger partial charge is 0.465 e. The zero-order valence-electron chi connectivity index (χ0n) is 7.71. The van der Waals surface area contributed by atoms with Gasteiger partial charge >= 0.3 is 5.97 Å². The molecule has 70 valence electrons. The maximum absolute atomic E-state index is 11.0. The molecule has 0 bridgehead atoms. The van der Waals surface area contributed by atoms with E-state index in [0.717, 1.165) is 19.6 Å². The smallest absolute Gasteiger partial charge is 0.308 e. The van der Waals surface area contributed by atoms with E-state index in [1.54, 1.807) is 0 Å². The Morgan fingerprint density at radius 2 is 2.42 bits per heavy atom. The van der Waals surface area contributed by atoms with Crippen LogP contribution in [-0.2, 0) is 14.3 Å². The molecule has 1 aliphatic heterocycles. The fourth-order valence-electron chi connectivity index (χ4n) is 1.08. The standard InChI is InChI=1S/C9H16O3/c1-7(2)9(10)12-6-8-3-4-11-5-8/h7-8H,3-6H2,1-2H3/t8-/m0/s1. The lowest BCUT2D eigenvalue weighted by atomic mass is 10.1. The van der Waals surface area contributed by atoms with Gasteiger partial charge in [-0.05, 0) is 6.42 Å². The summed E-state index contributed by atoms with van der Waals surface area (Å²) >= 11 is 0. The second-order valence-corrected chi connectivity index (χ2v) is 3.51. The van der Waals surface area contributed by atoms with Crippen LogP contribution in [0.4, 0.5) is 0 Å². The van der Waals surface area contributed by atoms with E-state index >= 15 is 0 Å². The van der Waals surface area contributed by atoms with Crippen molar-refractivity contribution in [2.24, 2.45) is 11.8 Å². The summed E-state index contributed by atoms with van der Waals surface area (Å²) in [5, 5.41) is 0. The van der Waals surface area contributed by atoms with E-state index in [1.807, 2.05) is 13.8 Å². The Hall–Kier alpha value is -0.570. The van der Waals surface area contributed by atoms with Crippen LogP contribution >= 0.6 is 0 Å². The molecule has 3 nitrogen and oxygen atoms in total. The van der Waals surface area contributed by atoms with Gasteiger partial charge in [0.25, 0.3) is 0 Å². The minimum atomic E-state index is -0.109. The molecule has 0 spiro atoms. The molecule has 0 aliphatic carbocycles. The van der Waals surface area contributed by atoms with Crippen LogP contribution in [-0.4, -0.2) is 25.8 Å². The van der Waals surface area contributed by atoms with Crippen molar-refractivity contribution in [3.8, 4) is 0 Å². The predicted octanol–water partition coefficient (Wildman–Crippen LogP) is 1.22. The van der Waals surface area contributed by atoms with Gasteiger partial charge in [0.2, 0.25) is 0 Å². The average molecular weight is 172 g/mol. The third kappa shape index (κ3) is 2.81. The van der Waals surface area contributed by atoms with Gasteiger partial charge in [0.05, 0.1) is 19.1 Å². The van der Waals surface area contributed by atoms with Gasteiger partial charge in [0, 0.05) is 12.5 Å². The number of rotatable bonds is 3. The van der Waals surface area contributed by atoms with Crippen molar-refractivity contribution in [2.45, 2.75) is 20.3 Å². The van der Waals surface area contributed by atoms with Crippen molar-refractivity contribution < 1.29 is 14.3 Å². The summed E-state index contributed by atoms with van der Waals surface area (Å²) in [7, 11) is 0. The molecule has 0 aromatic rings. The molecule has 0 saturated carbocycles. The Balaban J connectivity index is 2.12. The molecular weight excluding hydrogens is 156 g/mol. The molecule has 1 fully saturated rings. The molecule has 0 aromatic carbocycles. The Morgan fingerprint density at radius 1 is 1.67 bits per heavy atom. The highest BCUT2D eigenvalue weighted by molar-refractivity contribution is 5.71. The summed E-state index contributed by atoms with van der Waals surface area (Å²) in [5.74, 6) is 0.293. The van der Waals surface area contributed by atoms with Crippen molar-refractivity contribution in [3.05, 3.63) is 0 Å². The Labute approximate surface area is 73.0 Å². The topological polar surface area (TPSA) is 35.5 Å². The van der Waals surface area contributed by atoms with E-state index in [-0.39, 0.29) is 11.9 Å². The molecular formula is C9H16O3. The highest BCUT2D eigenvalue weighted by Crippen LogP contribution is 2.12. The van der Waals surface area contributed by atoms with Crippen LogP contribution in [0.2, 0.25) is 0 Å². The van der Waals surface area contributed by atoms with Crippen LogP contribution in [0, 0.1) is 11.8 Å². The molecule has 0 N–H and O–H groups in total. The monoisotopic (exact) mass is 172 g/mol. The van der Waals surface area contributed by atoms with Gasteiger partial charge in [-0.1, -0.05) is 13.8 Å². The zero-order valence-corrected chi connectivity index (χ0v) is 7.71. The van der Waals surface area contributed by atoms with Crippen molar-refractivity contribution in [3.63, 3.8) is 0 Å². The number of hydrogen-bond acceptors (Lipinski definition) is 3. The van der Waals surface area contributed by atoms with Gasteiger partial charge in [-0.3, -0.25) is 4.79 Å². The SMILES string of the molecule is CC(C)C(=O)OC[C@H]1CCOC1. The molecule has 1 aliphatic rings. The van der Waals surface area contributed by atoms with E-state index in [2.05, 4.69) is 0 Å². The molecule has 0 amide bonds. The zero-order chi connectivity index (χ0) is 8.97. The fraction of sp³-hybridized carbons (Fsp3) is 0.889. The summed E-state index contributed by atoms with van der Waals surface area (Å²) in [6, 6.07) is 0. The third-order valence-corrected chi connectivity index (χ3v) is 1.96. The molecule has 1 saturated heterocycles. The third-order valence-electron chi connectivity index (χ3n) is 1.96. The number of carbonyl (C=O) groups excluding carboxylic acids is 1. The highest BCUT2D eigenvalue weighted by Gasteiger charge is 2.18. The number of esters is 1. The first-order chi connectivity index (χ1) is 5.70. The number of carbonyl (C=O) groups is 1. The second kappa shape index (κ2) is 4.45. The summed E-state index contributed by atoms with van der Waals surface area (Å²) < 4.78 is 10.2. The first-order valence-electron chi connectivity index (χ1n) is 4.44. The van der Waals surface area contributed by atoms with Crippen molar-refractivity contribution >= 4 is 5.97 Å². The van der Waals surface area contributed by atoms with E-state index in [1.165, 1.54) is 0 Å². The van der Waals surface area contributed by atoms with Gasteiger partial charge in [-0.15, -0.1) is 0 Å². The van der Waals surface area contributed by atoms with Gasteiger partial charge in [0.15, 0.2) is 0 Å². The Morgan fingerprint density at radius 3 is 2.92 bits per heavy atom. The normalized spacial score (nSPS) is 23.1. The quantitative estimate of drug-likeness (QED) is 0.600. The second-order valence-electron chi connectivity index (χ2n) is 3.51. The maximum Gasteiger partial charge on any atom is 0.308 e. The first kappa shape index (κ1) is 9.52. The Kier molecular flexibility index (Phi) is 3.53. The van der Waals surface area contributed by atoms with Crippen LogP contribution in [0.3, 0.4) is 0 Å². The van der Waals surface area contributed by atoms with Crippen molar-refractivity contribution in [1.29, 1.82) is 0 Å². The molecule has 0 unspecified atom stereocenters. The highest BCUT2D eigenvalue weighted by atomic mass is 16.5. The molecule has 1 rings (SSSR count). The van der Waals surface area contributed by atoms with E-state index < -0.39 is 0 Å². The van der Waals surface area contributed by atoms with Crippen LogP contribution in [0.15, 0.2) is 0 Å². The molecule has 1 heterocycles. The minimum Gasteiger partial charge on any atom is -0.465 e. The lowest BCUT2D eigenvalue weighted by Gasteiger charge is -2.10. The molecule has 3 heteroatoms. The van der Waals surface area contributed by atoms with Gasteiger partial charge in [-0.2, -0.15) is 0 Å². The van der Waals surface area contributed by atoms with E-state index in [0.29, 0.717) is 12.5 Å². The average Bonchev–Trinajstić information content (AvgIpc) is 2.51. The summed E-state index contributed by atoms with van der Waals surface area (Å²) in [4.78, 5) is 11.0. The lowest BCUT2D eigenvalue weighted by Crippen LogP contribution is -2.17. The molecule has 0 radical (unpaired) electrons. The molecule has 12 heavy (non-hydrogen) atoms. The number of hydrogen-bond donors (Lipinski definition) is 0. The predicted molar refractivity (Wildman–Crippen MR) is 44.7 cm³/mol. The fourth-order valence-corrected chi connectivity index (χ4v) is 1.08. The first-order valence-corrected chi connectivity index (χ1v) is 4.44. The van der Waals surface area contributed by atoms with Crippen molar-refractivity contribution in [1.82, 2.24) is 0 Å². The lowest BCUT2D eigenvalue weighted by molar-refractivity contribution is -0.148.